The Morgan fingerprint density at radius 2 is 2.08 bits per heavy atom. The van der Waals surface area contributed by atoms with E-state index in [2.05, 4.69) is 15.6 Å². The van der Waals surface area contributed by atoms with Gasteiger partial charge in [-0.2, -0.15) is 0 Å². The topological polar surface area (TPSA) is 80.3 Å². The number of halogens is 1. The highest BCUT2D eigenvalue weighted by atomic mass is 35.5. The van der Waals surface area contributed by atoms with Crippen molar-refractivity contribution in [1.82, 2.24) is 4.98 Å². The highest BCUT2D eigenvalue weighted by Crippen LogP contribution is 2.23. The summed E-state index contributed by atoms with van der Waals surface area (Å²) in [5.74, 6) is -0.541. The predicted molar refractivity (Wildman–Crippen MR) is 91.2 cm³/mol. The van der Waals surface area contributed by atoms with Crippen LogP contribution in [0, 0.1) is 0 Å². The molecule has 0 unspecified atom stereocenters. The fraction of sp³-hybridized carbons (Fsp3) is 0.235. The van der Waals surface area contributed by atoms with E-state index in [4.69, 9.17) is 16.3 Å². The van der Waals surface area contributed by atoms with Crippen molar-refractivity contribution in [2.24, 2.45) is 0 Å². The smallest absolute Gasteiger partial charge is 0.257 e. The Morgan fingerprint density at radius 3 is 2.75 bits per heavy atom. The second kappa shape index (κ2) is 7.42. The summed E-state index contributed by atoms with van der Waals surface area (Å²) in [6.07, 6.45) is 4.34. The van der Waals surface area contributed by atoms with E-state index in [0.717, 1.165) is 6.42 Å². The predicted octanol–water partition coefficient (Wildman–Crippen LogP) is 3.10. The molecule has 0 saturated carbocycles. The van der Waals surface area contributed by atoms with Gasteiger partial charge in [-0.1, -0.05) is 11.6 Å². The van der Waals surface area contributed by atoms with Crippen molar-refractivity contribution >= 4 is 34.8 Å². The SMILES string of the molecule is O=C(Nc1cccnc1)c1ccc(NC(=O)[C@@H]2CCCO2)cc1Cl. The number of nitrogens with zero attached hydrogens (tertiary/aromatic N) is 1. The van der Waals surface area contributed by atoms with Crippen molar-refractivity contribution in [3.63, 3.8) is 0 Å². The van der Waals surface area contributed by atoms with Crippen LogP contribution < -0.4 is 10.6 Å². The van der Waals surface area contributed by atoms with Gasteiger partial charge in [0.25, 0.3) is 11.8 Å². The average molecular weight is 346 g/mol. The van der Waals surface area contributed by atoms with Crippen molar-refractivity contribution in [3.8, 4) is 0 Å². The first-order valence-corrected chi connectivity index (χ1v) is 7.94. The minimum absolute atomic E-state index is 0.198. The normalized spacial score (nSPS) is 16.6. The van der Waals surface area contributed by atoms with Gasteiger partial charge in [-0.25, -0.2) is 0 Å². The number of aromatic nitrogens is 1. The van der Waals surface area contributed by atoms with Gasteiger partial charge in [0, 0.05) is 18.5 Å². The molecule has 1 aliphatic rings. The molecule has 24 heavy (non-hydrogen) atoms. The first-order valence-electron chi connectivity index (χ1n) is 7.57. The number of ether oxygens (including phenoxy) is 1. The maximum absolute atomic E-state index is 12.2. The van der Waals surface area contributed by atoms with Crippen LogP contribution in [-0.2, 0) is 9.53 Å². The molecule has 1 atom stereocenters. The average Bonchev–Trinajstić information content (AvgIpc) is 3.10. The summed E-state index contributed by atoms with van der Waals surface area (Å²) in [4.78, 5) is 28.2. The molecule has 2 aromatic rings. The molecule has 2 N–H and O–H groups in total. The lowest BCUT2D eigenvalue weighted by molar-refractivity contribution is -0.124. The van der Waals surface area contributed by atoms with Gasteiger partial charge in [-0.3, -0.25) is 14.6 Å². The van der Waals surface area contributed by atoms with Crippen LogP contribution in [0.5, 0.6) is 0 Å². The Hall–Kier alpha value is -2.44. The van der Waals surface area contributed by atoms with Crippen molar-refractivity contribution in [3.05, 3.63) is 53.3 Å². The second-order valence-corrected chi connectivity index (χ2v) is 5.79. The lowest BCUT2D eigenvalue weighted by Gasteiger charge is -2.12. The molecule has 2 heterocycles. The van der Waals surface area contributed by atoms with Gasteiger partial charge in [0.05, 0.1) is 22.5 Å². The number of rotatable bonds is 4. The Labute approximate surface area is 144 Å². The molecule has 2 amide bonds. The summed E-state index contributed by atoms with van der Waals surface area (Å²) >= 11 is 6.17. The number of anilines is 2. The van der Waals surface area contributed by atoms with Crippen LogP contribution in [0.4, 0.5) is 11.4 Å². The van der Waals surface area contributed by atoms with Crippen LogP contribution in [0.15, 0.2) is 42.7 Å². The third-order valence-corrected chi connectivity index (χ3v) is 3.94. The molecule has 0 radical (unpaired) electrons. The minimum Gasteiger partial charge on any atom is -0.368 e. The van der Waals surface area contributed by atoms with Gasteiger partial charge in [-0.05, 0) is 43.2 Å². The minimum atomic E-state index is -0.419. The molecular formula is C17H16ClN3O3. The number of benzene rings is 1. The van der Waals surface area contributed by atoms with Gasteiger partial charge in [0.2, 0.25) is 0 Å². The zero-order valence-electron chi connectivity index (χ0n) is 12.8. The molecular weight excluding hydrogens is 330 g/mol. The fourth-order valence-electron chi connectivity index (χ4n) is 2.42. The van der Waals surface area contributed by atoms with Crippen LogP contribution in [0.2, 0.25) is 5.02 Å². The molecule has 0 aliphatic carbocycles. The van der Waals surface area contributed by atoms with Gasteiger partial charge in [-0.15, -0.1) is 0 Å². The van der Waals surface area contributed by atoms with E-state index in [1.165, 1.54) is 0 Å². The molecule has 1 aromatic heterocycles. The zero-order chi connectivity index (χ0) is 16.9. The molecule has 0 spiro atoms. The second-order valence-electron chi connectivity index (χ2n) is 5.38. The number of carbonyl (C=O) groups excluding carboxylic acids is 2. The molecule has 1 fully saturated rings. The van der Waals surface area contributed by atoms with Crippen LogP contribution in [0.25, 0.3) is 0 Å². The van der Waals surface area contributed by atoms with E-state index in [-0.39, 0.29) is 16.8 Å². The van der Waals surface area contributed by atoms with E-state index in [0.29, 0.717) is 30.0 Å². The van der Waals surface area contributed by atoms with Gasteiger partial charge in [0.1, 0.15) is 6.10 Å². The van der Waals surface area contributed by atoms with E-state index >= 15 is 0 Å². The van der Waals surface area contributed by atoms with Crippen LogP contribution in [0.1, 0.15) is 23.2 Å². The maximum Gasteiger partial charge on any atom is 0.257 e. The lowest BCUT2D eigenvalue weighted by atomic mass is 10.1. The lowest BCUT2D eigenvalue weighted by Crippen LogP contribution is -2.26. The molecule has 1 aliphatic heterocycles. The summed E-state index contributed by atoms with van der Waals surface area (Å²) in [5.41, 5.74) is 1.42. The third-order valence-electron chi connectivity index (χ3n) is 3.62. The van der Waals surface area contributed by atoms with Gasteiger partial charge >= 0.3 is 0 Å². The maximum atomic E-state index is 12.2. The molecule has 6 nitrogen and oxygen atoms in total. The highest BCUT2D eigenvalue weighted by Gasteiger charge is 2.23. The number of hydrogen-bond acceptors (Lipinski definition) is 4. The van der Waals surface area contributed by atoms with Crippen LogP contribution >= 0.6 is 11.6 Å². The monoisotopic (exact) mass is 345 g/mol. The van der Waals surface area contributed by atoms with E-state index in [9.17, 15) is 9.59 Å². The van der Waals surface area contributed by atoms with E-state index in [1.54, 1.807) is 42.7 Å². The van der Waals surface area contributed by atoms with Crippen LogP contribution in [-0.4, -0.2) is 29.5 Å². The van der Waals surface area contributed by atoms with E-state index < -0.39 is 6.10 Å². The van der Waals surface area contributed by atoms with Crippen LogP contribution in [0.3, 0.4) is 0 Å². The molecule has 1 saturated heterocycles. The number of amides is 2. The molecule has 0 bridgehead atoms. The Balaban J connectivity index is 1.67. The van der Waals surface area contributed by atoms with Crippen molar-refractivity contribution in [2.75, 3.05) is 17.2 Å². The van der Waals surface area contributed by atoms with Crippen molar-refractivity contribution in [1.29, 1.82) is 0 Å². The third kappa shape index (κ3) is 3.90. The highest BCUT2D eigenvalue weighted by molar-refractivity contribution is 6.34. The number of pyridine rings is 1. The standard InChI is InChI=1S/C17H16ClN3O3/c18-14-9-11(20-17(23)15-4-2-8-24-15)5-6-13(14)16(22)21-12-3-1-7-19-10-12/h1,3,5-7,9-10,15H,2,4,8H2,(H,20,23)(H,21,22)/t15-/m0/s1. The molecule has 3 rings (SSSR count). The van der Waals surface area contributed by atoms with E-state index in [1.807, 2.05) is 0 Å². The Bertz CT molecular complexity index is 746. The van der Waals surface area contributed by atoms with Crippen molar-refractivity contribution < 1.29 is 14.3 Å². The van der Waals surface area contributed by atoms with Gasteiger partial charge < -0.3 is 15.4 Å². The van der Waals surface area contributed by atoms with Crippen molar-refractivity contribution in [2.45, 2.75) is 18.9 Å². The number of carbonyl (C=O) groups is 2. The summed E-state index contributed by atoms with van der Waals surface area (Å²) in [7, 11) is 0. The quantitative estimate of drug-likeness (QED) is 0.892. The first-order chi connectivity index (χ1) is 11.6. The fourth-order valence-corrected chi connectivity index (χ4v) is 2.69. The first kappa shape index (κ1) is 16.4. The number of hydrogen-bond donors (Lipinski definition) is 2. The summed E-state index contributed by atoms with van der Waals surface area (Å²) < 4.78 is 5.33. The zero-order valence-corrected chi connectivity index (χ0v) is 13.5. The summed E-state index contributed by atoms with van der Waals surface area (Å²) in [5, 5.41) is 5.71. The molecule has 124 valence electrons. The largest absolute Gasteiger partial charge is 0.368 e. The summed E-state index contributed by atoms with van der Waals surface area (Å²) in [6, 6.07) is 8.21. The molecule has 1 aromatic carbocycles. The molecule has 7 heteroatoms. The summed E-state index contributed by atoms with van der Waals surface area (Å²) in [6.45, 7) is 0.603. The van der Waals surface area contributed by atoms with Gasteiger partial charge in [0.15, 0.2) is 0 Å². The number of nitrogens with one attached hydrogen (secondary N) is 2. The Morgan fingerprint density at radius 1 is 1.21 bits per heavy atom. The Kier molecular flexibility index (Phi) is 5.08.